The van der Waals surface area contributed by atoms with E-state index in [0.717, 1.165) is 57.8 Å². The van der Waals surface area contributed by atoms with Crippen molar-refractivity contribution in [1.29, 1.82) is 0 Å². The highest BCUT2D eigenvalue weighted by atomic mass is 16.2. The quantitative estimate of drug-likeness (QED) is 0.307. The third kappa shape index (κ3) is 8.05. The minimum Gasteiger partial charge on any atom is -0.357 e. The number of carbonyl (C=O) groups excluding carboxylic acids is 1. The monoisotopic (exact) mass is 322 g/mol. The molecule has 1 fully saturated rings. The lowest BCUT2D eigenvalue weighted by atomic mass is 10.1. The fourth-order valence-electron chi connectivity index (χ4n) is 2.78. The van der Waals surface area contributed by atoms with Gasteiger partial charge in [-0.3, -0.25) is 4.79 Å². The number of guanidine groups is 1. The van der Waals surface area contributed by atoms with Crippen molar-refractivity contribution < 1.29 is 4.79 Å². The molecule has 1 rings (SSSR count). The first-order valence-electron chi connectivity index (χ1n) is 9.07. The molecule has 0 aromatic carbocycles. The Kier molecular flexibility index (Phi) is 10.2. The van der Waals surface area contributed by atoms with E-state index in [9.17, 15) is 4.79 Å². The number of nitrogens with one attached hydrogen (secondary N) is 1. The van der Waals surface area contributed by atoms with Gasteiger partial charge in [-0.15, -0.1) is 6.58 Å². The summed E-state index contributed by atoms with van der Waals surface area (Å²) in [6, 6.07) is 0. The van der Waals surface area contributed by atoms with E-state index in [1.165, 1.54) is 19.3 Å². The number of unbranched alkanes of at least 4 members (excludes halogenated alkanes) is 3. The van der Waals surface area contributed by atoms with Crippen molar-refractivity contribution in [2.24, 2.45) is 4.99 Å². The molecule has 0 saturated carbocycles. The van der Waals surface area contributed by atoms with Crippen LogP contribution in [0, 0.1) is 0 Å². The highest BCUT2D eigenvalue weighted by molar-refractivity contribution is 5.84. The van der Waals surface area contributed by atoms with Gasteiger partial charge in [0, 0.05) is 33.2 Å². The molecule has 0 aliphatic carbocycles. The van der Waals surface area contributed by atoms with E-state index in [2.05, 4.69) is 28.7 Å². The third-order valence-electron chi connectivity index (χ3n) is 4.17. The van der Waals surface area contributed by atoms with Gasteiger partial charge in [0.1, 0.15) is 6.54 Å². The molecule has 23 heavy (non-hydrogen) atoms. The topological polar surface area (TPSA) is 47.9 Å². The van der Waals surface area contributed by atoms with Crippen molar-refractivity contribution in [3.63, 3.8) is 0 Å². The Hall–Kier alpha value is -1.52. The van der Waals surface area contributed by atoms with Crippen LogP contribution in [0.4, 0.5) is 0 Å². The number of nitrogens with zero attached hydrogens (tertiary/aromatic N) is 3. The molecular formula is C18H34N4O. The van der Waals surface area contributed by atoms with Gasteiger partial charge < -0.3 is 15.1 Å². The van der Waals surface area contributed by atoms with Gasteiger partial charge in [-0.25, -0.2) is 4.99 Å². The number of amides is 1. The van der Waals surface area contributed by atoms with Gasteiger partial charge in [0.2, 0.25) is 5.91 Å². The molecule has 5 heteroatoms. The van der Waals surface area contributed by atoms with Crippen LogP contribution in [0.5, 0.6) is 0 Å². The summed E-state index contributed by atoms with van der Waals surface area (Å²) in [4.78, 5) is 20.8. The van der Waals surface area contributed by atoms with E-state index in [1.54, 1.807) is 0 Å². The van der Waals surface area contributed by atoms with Crippen molar-refractivity contribution in [2.45, 2.75) is 51.9 Å². The normalized spacial score (nSPS) is 15.4. The summed E-state index contributed by atoms with van der Waals surface area (Å²) >= 11 is 0. The Bertz CT molecular complexity index is 375. The van der Waals surface area contributed by atoms with E-state index in [-0.39, 0.29) is 12.5 Å². The average molecular weight is 322 g/mol. The van der Waals surface area contributed by atoms with E-state index in [1.807, 2.05) is 18.0 Å². The van der Waals surface area contributed by atoms with Gasteiger partial charge >= 0.3 is 0 Å². The minimum absolute atomic E-state index is 0.152. The fourth-order valence-corrected chi connectivity index (χ4v) is 2.78. The molecular weight excluding hydrogens is 288 g/mol. The first-order valence-corrected chi connectivity index (χ1v) is 9.07. The average Bonchev–Trinajstić information content (AvgIpc) is 2.58. The minimum atomic E-state index is 0.152. The van der Waals surface area contributed by atoms with Gasteiger partial charge in [-0.05, 0) is 45.4 Å². The lowest BCUT2D eigenvalue weighted by molar-refractivity contribution is -0.130. The van der Waals surface area contributed by atoms with Crippen LogP contribution in [-0.4, -0.2) is 61.4 Å². The summed E-state index contributed by atoms with van der Waals surface area (Å²) in [6.07, 6.45) is 10.1. The maximum atomic E-state index is 12.2. The molecule has 0 aromatic rings. The van der Waals surface area contributed by atoms with Crippen LogP contribution in [0.1, 0.15) is 51.9 Å². The Balaban J connectivity index is 2.41. The standard InChI is InChI=1S/C18H34N4O/c1-4-6-7-8-10-13-21(3)18(19-5-2)20-16-17(23)22-14-11-9-12-15-22/h4H,1,5-16H2,2-3H3,(H,19,20). The highest BCUT2D eigenvalue weighted by Gasteiger charge is 2.16. The Labute approximate surface area is 141 Å². The van der Waals surface area contributed by atoms with Crippen LogP contribution in [-0.2, 0) is 4.79 Å². The maximum absolute atomic E-state index is 12.2. The molecule has 1 N–H and O–H groups in total. The number of likely N-dealkylation sites (tertiary alicyclic amines) is 1. The number of aliphatic imine (C=N–C) groups is 1. The smallest absolute Gasteiger partial charge is 0.244 e. The molecule has 132 valence electrons. The molecule has 1 aliphatic rings. The van der Waals surface area contributed by atoms with Gasteiger partial charge in [-0.2, -0.15) is 0 Å². The summed E-state index contributed by atoms with van der Waals surface area (Å²) < 4.78 is 0. The second-order valence-corrected chi connectivity index (χ2v) is 6.17. The van der Waals surface area contributed by atoms with Crippen molar-refractivity contribution >= 4 is 11.9 Å². The van der Waals surface area contributed by atoms with Crippen molar-refractivity contribution in [2.75, 3.05) is 39.8 Å². The zero-order valence-corrected chi connectivity index (χ0v) is 15.0. The van der Waals surface area contributed by atoms with Crippen LogP contribution in [0.15, 0.2) is 17.6 Å². The van der Waals surface area contributed by atoms with Crippen LogP contribution in [0.2, 0.25) is 0 Å². The van der Waals surface area contributed by atoms with Gasteiger partial charge in [0.25, 0.3) is 0 Å². The number of rotatable bonds is 9. The summed E-state index contributed by atoms with van der Waals surface area (Å²) in [5.41, 5.74) is 0. The number of allylic oxidation sites excluding steroid dienone is 1. The molecule has 1 heterocycles. The van der Waals surface area contributed by atoms with Gasteiger partial charge in [0.15, 0.2) is 5.96 Å². The van der Waals surface area contributed by atoms with Gasteiger partial charge in [0.05, 0.1) is 0 Å². The number of hydrogen-bond acceptors (Lipinski definition) is 2. The molecule has 0 bridgehead atoms. The van der Waals surface area contributed by atoms with Crippen molar-refractivity contribution in [3.05, 3.63) is 12.7 Å². The molecule has 1 amide bonds. The van der Waals surface area contributed by atoms with Gasteiger partial charge in [-0.1, -0.05) is 12.5 Å². The second-order valence-electron chi connectivity index (χ2n) is 6.17. The lowest BCUT2D eigenvalue weighted by Gasteiger charge is -2.27. The molecule has 0 aromatic heterocycles. The SMILES string of the molecule is C=CCCCCCN(C)C(=NCC(=O)N1CCCCC1)NCC. The fraction of sp³-hybridized carbons (Fsp3) is 0.778. The Morgan fingerprint density at radius 2 is 2.00 bits per heavy atom. The number of hydrogen-bond donors (Lipinski definition) is 1. The summed E-state index contributed by atoms with van der Waals surface area (Å²) in [5.74, 6) is 0.987. The van der Waals surface area contributed by atoms with Crippen LogP contribution < -0.4 is 5.32 Å². The Morgan fingerprint density at radius 1 is 1.26 bits per heavy atom. The molecule has 0 atom stereocenters. The zero-order chi connectivity index (χ0) is 16.9. The zero-order valence-electron chi connectivity index (χ0n) is 15.0. The third-order valence-corrected chi connectivity index (χ3v) is 4.17. The Morgan fingerprint density at radius 3 is 2.65 bits per heavy atom. The predicted octanol–water partition coefficient (Wildman–Crippen LogP) is 2.64. The summed E-state index contributed by atoms with van der Waals surface area (Å²) in [5, 5.41) is 3.28. The molecule has 0 unspecified atom stereocenters. The second kappa shape index (κ2) is 12.0. The number of carbonyl (C=O) groups is 1. The van der Waals surface area contributed by atoms with Crippen LogP contribution in [0.25, 0.3) is 0 Å². The molecule has 5 nitrogen and oxygen atoms in total. The highest BCUT2D eigenvalue weighted by Crippen LogP contribution is 2.08. The molecule has 0 radical (unpaired) electrons. The first kappa shape index (κ1) is 19.5. The summed E-state index contributed by atoms with van der Waals surface area (Å²) in [6.45, 7) is 9.62. The summed E-state index contributed by atoms with van der Waals surface area (Å²) in [7, 11) is 2.04. The van der Waals surface area contributed by atoms with Crippen LogP contribution >= 0.6 is 0 Å². The van der Waals surface area contributed by atoms with Crippen LogP contribution in [0.3, 0.4) is 0 Å². The van der Waals surface area contributed by atoms with Crippen molar-refractivity contribution in [3.8, 4) is 0 Å². The maximum Gasteiger partial charge on any atom is 0.244 e. The molecule has 1 saturated heterocycles. The largest absolute Gasteiger partial charge is 0.357 e. The predicted molar refractivity (Wildman–Crippen MR) is 97.7 cm³/mol. The molecule has 1 aliphatic heterocycles. The van der Waals surface area contributed by atoms with Crippen molar-refractivity contribution in [1.82, 2.24) is 15.1 Å². The van der Waals surface area contributed by atoms with E-state index >= 15 is 0 Å². The van der Waals surface area contributed by atoms with E-state index in [4.69, 9.17) is 0 Å². The first-order chi connectivity index (χ1) is 11.2. The van der Waals surface area contributed by atoms with E-state index < -0.39 is 0 Å². The molecule has 0 spiro atoms. The number of piperidine rings is 1. The lowest BCUT2D eigenvalue weighted by Crippen LogP contribution is -2.41. The van der Waals surface area contributed by atoms with E-state index in [0.29, 0.717) is 0 Å².